The molecule has 0 saturated carbocycles. The lowest BCUT2D eigenvalue weighted by Crippen LogP contribution is -2.32. The van der Waals surface area contributed by atoms with Gasteiger partial charge in [-0.15, -0.1) is 11.3 Å². The SMILES string of the molecule is CCn1cncc1CNCC(C)(C)c1cccs1. The van der Waals surface area contributed by atoms with Gasteiger partial charge in [0.15, 0.2) is 0 Å². The topological polar surface area (TPSA) is 29.9 Å². The molecule has 0 unspecified atom stereocenters. The van der Waals surface area contributed by atoms with Crippen LogP contribution >= 0.6 is 11.3 Å². The fraction of sp³-hybridized carbons (Fsp3) is 0.500. The molecule has 0 fully saturated rings. The van der Waals surface area contributed by atoms with Crippen molar-refractivity contribution in [1.82, 2.24) is 14.9 Å². The molecule has 0 spiro atoms. The highest BCUT2D eigenvalue weighted by atomic mass is 32.1. The Morgan fingerprint density at radius 1 is 1.44 bits per heavy atom. The Labute approximate surface area is 113 Å². The van der Waals surface area contributed by atoms with Gasteiger partial charge < -0.3 is 9.88 Å². The summed E-state index contributed by atoms with van der Waals surface area (Å²) in [5.74, 6) is 0. The number of aromatic nitrogens is 2. The van der Waals surface area contributed by atoms with E-state index in [-0.39, 0.29) is 5.41 Å². The summed E-state index contributed by atoms with van der Waals surface area (Å²) in [7, 11) is 0. The minimum Gasteiger partial charge on any atom is -0.334 e. The summed E-state index contributed by atoms with van der Waals surface area (Å²) in [6.45, 7) is 9.53. The lowest BCUT2D eigenvalue weighted by Gasteiger charge is -2.23. The quantitative estimate of drug-likeness (QED) is 0.868. The van der Waals surface area contributed by atoms with E-state index in [0.29, 0.717) is 0 Å². The molecular weight excluding hydrogens is 242 g/mol. The minimum absolute atomic E-state index is 0.186. The number of nitrogens with zero attached hydrogens (tertiary/aromatic N) is 2. The van der Waals surface area contributed by atoms with Gasteiger partial charge in [0.2, 0.25) is 0 Å². The van der Waals surface area contributed by atoms with Crippen molar-refractivity contribution in [3.8, 4) is 0 Å². The van der Waals surface area contributed by atoms with Crippen LogP contribution in [0, 0.1) is 0 Å². The Morgan fingerprint density at radius 3 is 2.94 bits per heavy atom. The average Bonchev–Trinajstić information content (AvgIpc) is 2.99. The van der Waals surface area contributed by atoms with Crippen LogP contribution in [-0.2, 0) is 18.5 Å². The predicted octanol–water partition coefficient (Wildman–Crippen LogP) is 3.03. The molecule has 0 amide bonds. The maximum absolute atomic E-state index is 4.18. The van der Waals surface area contributed by atoms with E-state index in [4.69, 9.17) is 0 Å². The molecule has 98 valence electrons. The Balaban J connectivity index is 1.89. The second-order valence-corrected chi connectivity index (χ2v) is 6.08. The van der Waals surface area contributed by atoms with Crippen LogP contribution in [-0.4, -0.2) is 16.1 Å². The lowest BCUT2D eigenvalue weighted by molar-refractivity contribution is 0.470. The summed E-state index contributed by atoms with van der Waals surface area (Å²) in [5, 5.41) is 5.68. The van der Waals surface area contributed by atoms with Gasteiger partial charge in [0, 0.05) is 36.1 Å². The van der Waals surface area contributed by atoms with Crippen molar-refractivity contribution in [2.45, 2.75) is 39.3 Å². The molecule has 2 aromatic rings. The van der Waals surface area contributed by atoms with Crippen LogP contribution in [0.3, 0.4) is 0 Å². The van der Waals surface area contributed by atoms with Gasteiger partial charge >= 0.3 is 0 Å². The Morgan fingerprint density at radius 2 is 2.28 bits per heavy atom. The van der Waals surface area contributed by atoms with Gasteiger partial charge in [0.1, 0.15) is 0 Å². The minimum atomic E-state index is 0.186. The highest BCUT2D eigenvalue weighted by Crippen LogP contribution is 2.26. The smallest absolute Gasteiger partial charge is 0.0948 e. The number of aryl methyl sites for hydroxylation is 1. The first-order valence-corrected chi connectivity index (χ1v) is 7.25. The van der Waals surface area contributed by atoms with Gasteiger partial charge in [0.25, 0.3) is 0 Å². The molecular formula is C14H21N3S. The van der Waals surface area contributed by atoms with E-state index in [1.54, 1.807) is 0 Å². The second-order valence-electron chi connectivity index (χ2n) is 5.14. The van der Waals surface area contributed by atoms with Crippen LogP contribution in [0.25, 0.3) is 0 Å². The summed E-state index contributed by atoms with van der Waals surface area (Å²) in [6.07, 6.45) is 3.83. The van der Waals surface area contributed by atoms with Crippen LogP contribution < -0.4 is 5.32 Å². The molecule has 0 aromatic carbocycles. The van der Waals surface area contributed by atoms with Crippen molar-refractivity contribution in [3.05, 3.63) is 40.6 Å². The van der Waals surface area contributed by atoms with Gasteiger partial charge in [-0.1, -0.05) is 19.9 Å². The molecule has 1 N–H and O–H groups in total. The zero-order chi connectivity index (χ0) is 13.0. The molecule has 2 rings (SSSR count). The van der Waals surface area contributed by atoms with E-state index in [1.165, 1.54) is 10.6 Å². The van der Waals surface area contributed by atoms with E-state index in [0.717, 1.165) is 19.6 Å². The van der Waals surface area contributed by atoms with E-state index >= 15 is 0 Å². The third-order valence-corrected chi connectivity index (χ3v) is 4.44. The Hall–Kier alpha value is -1.13. The number of hydrogen-bond acceptors (Lipinski definition) is 3. The van der Waals surface area contributed by atoms with E-state index in [2.05, 4.69) is 53.2 Å². The molecule has 18 heavy (non-hydrogen) atoms. The third kappa shape index (κ3) is 3.00. The monoisotopic (exact) mass is 263 g/mol. The van der Waals surface area contributed by atoms with Crippen LogP contribution in [0.2, 0.25) is 0 Å². The maximum Gasteiger partial charge on any atom is 0.0948 e. The average molecular weight is 263 g/mol. The van der Waals surface area contributed by atoms with Crippen molar-refractivity contribution in [2.24, 2.45) is 0 Å². The number of imidazole rings is 1. The first-order chi connectivity index (χ1) is 8.63. The van der Waals surface area contributed by atoms with Crippen LogP contribution in [0.1, 0.15) is 31.3 Å². The number of hydrogen-bond donors (Lipinski definition) is 1. The van der Waals surface area contributed by atoms with Crippen molar-refractivity contribution >= 4 is 11.3 Å². The van der Waals surface area contributed by atoms with E-state index < -0.39 is 0 Å². The summed E-state index contributed by atoms with van der Waals surface area (Å²) in [5.41, 5.74) is 1.44. The van der Waals surface area contributed by atoms with Crippen molar-refractivity contribution in [2.75, 3.05) is 6.54 Å². The highest BCUT2D eigenvalue weighted by molar-refractivity contribution is 7.10. The summed E-state index contributed by atoms with van der Waals surface area (Å²) >= 11 is 1.83. The molecule has 0 radical (unpaired) electrons. The van der Waals surface area contributed by atoms with Gasteiger partial charge in [-0.2, -0.15) is 0 Å². The van der Waals surface area contributed by atoms with E-state index in [1.807, 2.05) is 23.9 Å². The zero-order valence-electron chi connectivity index (χ0n) is 11.3. The summed E-state index contributed by atoms with van der Waals surface area (Å²) < 4.78 is 2.17. The Kier molecular flexibility index (Phi) is 4.19. The van der Waals surface area contributed by atoms with Gasteiger partial charge in [-0.3, -0.25) is 0 Å². The second kappa shape index (κ2) is 5.67. The van der Waals surface area contributed by atoms with Gasteiger partial charge in [-0.05, 0) is 18.4 Å². The number of rotatable bonds is 6. The fourth-order valence-corrected chi connectivity index (χ4v) is 2.89. The van der Waals surface area contributed by atoms with E-state index in [9.17, 15) is 0 Å². The Bertz CT molecular complexity index is 471. The standard InChI is InChI=1S/C14H21N3S/c1-4-17-11-16-9-12(17)8-15-10-14(2,3)13-6-5-7-18-13/h5-7,9,11,15H,4,8,10H2,1-3H3. The molecule has 2 heterocycles. The largest absolute Gasteiger partial charge is 0.334 e. The normalized spacial score (nSPS) is 11.9. The molecule has 0 saturated heterocycles. The maximum atomic E-state index is 4.18. The first kappa shape index (κ1) is 13.3. The van der Waals surface area contributed by atoms with Crippen LogP contribution in [0.4, 0.5) is 0 Å². The molecule has 4 heteroatoms. The summed E-state index contributed by atoms with van der Waals surface area (Å²) in [4.78, 5) is 5.61. The van der Waals surface area contributed by atoms with Crippen LogP contribution in [0.15, 0.2) is 30.0 Å². The zero-order valence-corrected chi connectivity index (χ0v) is 12.1. The first-order valence-electron chi connectivity index (χ1n) is 6.37. The van der Waals surface area contributed by atoms with Gasteiger partial charge in [-0.25, -0.2) is 4.98 Å². The lowest BCUT2D eigenvalue weighted by atomic mass is 9.91. The van der Waals surface area contributed by atoms with Crippen molar-refractivity contribution < 1.29 is 0 Å². The van der Waals surface area contributed by atoms with Gasteiger partial charge in [0.05, 0.1) is 12.0 Å². The van der Waals surface area contributed by atoms with Crippen molar-refractivity contribution in [1.29, 1.82) is 0 Å². The summed E-state index contributed by atoms with van der Waals surface area (Å²) in [6, 6.07) is 4.33. The fourth-order valence-electron chi connectivity index (χ4n) is 2.03. The van der Waals surface area contributed by atoms with Crippen molar-refractivity contribution in [3.63, 3.8) is 0 Å². The van der Waals surface area contributed by atoms with Crippen LogP contribution in [0.5, 0.6) is 0 Å². The molecule has 0 bridgehead atoms. The molecule has 3 nitrogen and oxygen atoms in total. The number of nitrogens with one attached hydrogen (secondary N) is 1. The highest BCUT2D eigenvalue weighted by Gasteiger charge is 2.21. The molecule has 0 aliphatic heterocycles. The third-order valence-electron chi connectivity index (χ3n) is 3.20. The number of thiophene rings is 1. The molecule has 0 aliphatic carbocycles. The molecule has 0 atom stereocenters. The molecule has 0 aliphatic rings. The molecule has 2 aromatic heterocycles. The predicted molar refractivity (Wildman–Crippen MR) is 77.0 cm³/mol.